The summed E-state index contributed by atoms with van der Waals surface area (Å²) in [6, 6.07) is 18.8. The Balaban J connectivity index is 0.000000152. The van der Waals surface area contributed by atoms with E-state index in [1.165, 1.54) is 52.0 Å². The third-order valence-corrected chi connectivity index (χ3v) is 10.2. The first-order valence-electron chi connectivity index (χ1n) is 18.3. The lowest BCUT2D eigenvalue weighted by Gasteiger charge is -2.17. The molecule has 0 bridgehead atoms. The van der Waals surface area contributed by atoms with Gasteiger partial charge in [-0.2, -0.15) is 10.2 Å². The molecular formula is C40H32F4N12O2. The van der Waals surface area contributed by atoms with Crippen molar-refractivity contribution in [1.29, 1.82) is 0 Å². The molecule has 1 unspecified atom stereocenters. The number of carbonyl (C=O) groups excluding carboxylic acids is 2. The Hall–Kier alpha value is -7.24. The van der Waals surface area contributed by atoms with Crippen molar-refractivity contribution in [1.82, 2.24) is 48.3 Å². The quantitative estimate of drug-likeness (QED) is 0.160. The summed E-state index contributed by atoms with van der Waals surface area (Å²) < 4.78 is 61.2. The van der Waals surface area contributed by atoms with Gasteiger partial charge in [-0.05, 0) is 92.1 Å². The molecule has 6 heterocycles. The summed E-state index contributed by atoms with van der Waals surface area (Å²) in [7, 11) is 0. The molecule has 2 saturated carbocycles. The summed E-state index contributed by atoms with van der Waals surface area (Å²) in [5, 5.41) is 9.09. The Morgan fingerprint density at radius 2 is 1.05 bits per heavy atom. The van der Waals surface area contributed by atoms with Crippen molar-refractivity contribution in [3.05, 3.63) is 121 Å². The number of rotatable bonds is 8. The van der Waals surface area contributed by atoms with Gasteiger partial charge in [0, 0.05) is 36.1 Å². The zero-order chi connectivity index (χ0) is 40.3. The Labute approximate surface area is 325 Å². The predicted molar refractivity (Wildman–Crippen MR) is 202 cm³/mol. The van der Waals surface area contributed by atoms with Crippen molar-refractivity contribution in [2.24, 2.45) is 11.5 Å². The second-order valence-corrected chi connectivity index (χ2v) is 14.2. The molecule has 0 saturated heterocycles. The van der Waals surface area contributed by atoms with Crippen LogP contribution in [0.1, 0.15) is 65.2 Å². The minimum atomic E-state index is -2.75. The Bertz CT molecular complexity index is 2860. The first-order valence-corrected chi connectivity index (χ1v) is 18.3. The average molecular weight is 789 g/mol. The van der Waals surface area contributed by atoms with E-state index in [4.69, 9.17) is 11.5 Å². The Morgan fingerprint density at radius 1 is 0.603 bits per heavy atom. The summed E-state index contributed by atoms with van der Waals surface area (Å²) in [4.78, 5) is 40.7. The van der Waals surface area contributed by atoms with Crippen LogP contribution < -0.4 is 11.5 Å². The van der Waals surface area contributed by atoms with Crippen LogP contribution in [0.5, 0.6) is 0 Å². The van der Waals surface area contributed by atoms with Gasteiger partial charge in [-0.1, -0.05) is 0 Å². The molecule has 58 heavy (non-hydrogen) atoms. The van der Waals surface area contributed by atoms with Crippen molar-refractivity contribution >= 4 is 23.1 Å². The number of carbonyl (C=O) groups is 2. The maximum absolute atomic E-state index is 13.9. The summed E-state index contributed by atoms with van der Waals surface area (Å²) in [6.45, 7) is 0. The number of amides is 2. The Morgan fingerprint density at radius 3 is 1.45 bits per heavy atom. The van der Waals surface area contributed by atoms with Gasteiger partial charge in [0.1, 0.15) is 34.4 Å². The summed E-state index contributed by atoms with van der Waals surface area (Å²) in [6.07, 6.45) is 7.96. The molecule has 8 aromatic rings. The van der Waals surface area contributed by atoms with Crippen LogP contribution in [-0.2, 0) is 0 Å². The Kier molecular flexibility index (Phi) is 8.82. The van der Waals surface area contributed by atoms with Crippen LogP contribution in [0.15, 0.2) is 97.8 Å². The van der Waals surface area contributed by atoms with Crippen LogP contribution in [0.4, 0.5) is 17.6 Å². The van der Waals surface area contributed by atoms with Gasteiger partial charge in [-0.25, -0.2) is 46.5 Å². The molecule has 4 N–H and O–H groups in total. The molecule has 2 amide bonds. The van der Waals surface area contributed by atoms with Crippen LogP contribution in [0.3, 0.4) is 0 Å². The monoisotopic (exact) mass is 788 g/mol. The number of fused-ring (bicyclic) bond motifs is 2. The van der Waals surface area contributed by atoms with Gasteiger partial charge in [-0.15, -0.1) is 0 Å². The van der Waals surface area contributed by atoms with Crippen molar-refractivity contribution in [2.75, 3.05) is 0 Å². The van der Waals surface area contributed by atoms with E-state index in [1.807, 2.05) is 6.07 Å². The van der Waals surface area contributed by atoms with E-state index < -0.39 is 29.6 Å². The number of hydrogen-bond donors (Lipinski definition) is 2. The van der Waals surface area contributed by atoms with Crippen LogP contribution in [0.2, 0.25) is 0 Å². The number of alkyl halides is 2. The summed E-state index contributed by atoms with van der Waals surface area (Å²) >= 11 is 0. The standard InChI is InChI=1S/C21H17F3N6O.C19H15FN6O/c22-13-3-1-12(2-4-13)18-19(29(11-27-18)14-7-8-21(23,24)9-14)15-5-6-17-26-10-16(20(25)31)30(17)28-15;20-12-3-1-11(2-4-12)17-18(25(10-23-17)13-5-6-13)14-7-8-16-22-9-15(19(21)27)26(16)24-14/h1-6,10-11,14H,7-9H2,(H2,25,31);1-4,7-10,13H,5-6H2,(H2,21,27). The first-order chi connectivity index (χ1) is 27.9. The highest BCUT2D eigenvalue weighted by Gasteiger charge is 2.41. The normalized spacial score (nSPS) is 16.1. The highest BCUT2D eigenvalue weighted by atomic mass is 19.3. The molecule has 2 aliphatic carbocycles. The van der Waals surface area contributed by atoms with Crippen LogP contribution in [0.25, 0.3) is 56.6 Å². The van der Waals surface area contributed by atoms with Gasteiger partial charge in [0.15, 0.2) is 11.3 Å². The molecule has 0 aliphatic heterocycles. The maximum Gasteiger partial charge on any atom is 0.269 e. The zero-order valence-corrected chi connectivity index (χ0v) is 30.4. The number of primary amides is 2. The van der Waals surface area contributed by atoms with Gasteiger partial charge < -0.3 is 20.6 Å². The van der Waals surface area contributed by atoms with E-state index in [9.17, 15) is 27.2 Å². The molecule has 14 nitrogen and oxygen atoms in total. The van der Waals surface area contributed by atoms with Crippen molar-refractivity contribution < 1.29 is 27.2 Å². The molecular weight excluding hydrogens is 757 g/mol. The second-order valence-electron chi connectivity index (χ2n) is 14.2. The molecule has 18 heteroatoms. The topological polar surface area (TPSA) is 182 Å². The summed E-state index contributed by atoms with van der Waals surface area (Å²) in [5.74, 6) is -4.74. The lowest BCUT2D eigenvalue weighted by molar-refractivity contribution is 0.00567. The van der Waals surface area contributed by atoms with E-state index in [0.717, 1.165) is 29.8 Å². The fourth-order valence-electron chi connectivity index (χ4n) is 7.27. The molecule has 0 radical (unpaired) electrons. The van der Waals surface area contributed by atoms with Crippen LogP contribution >= 0.6 is 0 Å². The molecule has 292 valence electrons. The van der Waals surface area contributed by atoms with Gasteiger partial charge in [0.25, 0.3) is 11.8 Å². The van der Waals surface area contributed by atoms with Crippen LogP contribution in [0, 0.1) is 11.6 Å². The van der Waals surface area contributed by atoms with Gasteiger partial charge in [-0.3, -0.25) is 9.59 Å². The second kappa shape index (κ2) is 14.1. The summed E-state index contributed by atoms with van der Waals surface area (Å²) in [5.41, 5.74) is 17.1. The molecule has 1 atom stereocenters. The van der Waals surface area contributed by atoms with Crippen molar-refractivity contribution in [3.63, 3.8) is 0 Å². The lowest BCUT2D eigenvalue weighted by atomic mass is 10.1. The highest BCUT2D eigenvalue weighted by molar-refractivity contribution is 5.92. The van der Waals surface area contributed by atoms with Crippen molar-refractivity contribution in [3.8, 4) is 45.3 Å². The number of nitrogens with two attached hydrogens (primary N) is 2. The van der Waals surface area contributed by atoms with Gasteiger partial charge in [0.05, 0.1) is 47.8 Å². The molecule has 10 rings (SSSR count). The maximum atomic E-state index is 13.9. The van der Waals surface area contributed by atoms with Crippen LogP contribution in [-0.4, -0.2) is 66.0 Å². The number of benzene rings is 2. The number of hydrogen-bond acceptors (Lipinski definition) is 8. The van der Waals surface area contributed by atoms with E-state index in [2.05, 4.69) is 34.7 Å². The van der Waals surface area contributed by atoms with Crippen molar-refractivity contribution in [2.45, 2.75) is 50.1 Å². The fourth-order valence-corrected chi connectivity index (χ4v) is 7.27. The molecule has 0 spiro atoms. The minimum Gasteiger partial charge on any atom is -0.364 e. The van der Waals surface area contributed by atoms with E-state index in [1.54, 1.807) is 53.4 Å². The highest BCUT2D eigenvalue weighted by Crippen LogP contribution is 2.45. The minimum absolute atomic E-state index is 0.0960. The molecule has 2 fully saturated rings. The lowest BCUT2D eigenvalue weighted by Crippen LogP contribution is -2.15. The zero-order valence-electron chi connectivity index (χ0n) is 30.4. The third kappa shape index (κ3) is 6.71. The SMILES string of the molecule is NC(=O)c1cnc2ccc(-c3c(-c4ccc(F)cc4)ncn3C3CC3)nn12.NC(=O)c1cnc2ccc(-c3c(-c4ccc(F)cc4)ncn3C3CCC(F)(F)C3)nn12. The largest absolute Gasteiger partial charge is 0.364 e. The predicted octanol–water partition coefficient (Wildman–Crippen LogP) is 6.69. The first kappa shape index (κ1) is 36.4. The molecule has 2 aliphatic rings. The third-order valence-electron chi connectivity index (χ3n) is 10.2. The molecule has 6 aromatic heterocycles. The average Bonchev–Trinajstić information content (AvgIpc) is 3.65. The number of imidazole rings is 4. The fraction of sp³-hybridized carbons (Fsp3) is 0.200. The number of aromatic nitrogens is 10. The molecule has 2 aromatic carbocycles. The van der Waals surface area contributed by atoms with Gasteiger partial charge in [0.2, 0.25) is 5.92 Å². The number of nitrogens with zero attached hydrogens (tertiary/aromatic N) is 10. The smallest absolute Gasteiger partial charge is 0.269 e. The van der Waals surface area contributed by atoms with Gasteiger partial charge >= 0.3 is 0 Å². The van der Waals surface area contributed by atoms with E-state index in [0.29, 0.717) is 52.1 Å². The van der Waals surface area contributed by atoms with E-state index >= 15 is 0 Å². The number of halogens is 4. The van der Waals surface area contributed by atoms with E-state index in [-0.39, 0.29) is 30.0 Å².